The van der Waals surface area contributed by atoms with Gasteiger partial charge in [0.25, 0.3) is 5.91 Å². The van der Waals surface area contributed by atoms with Gasteiger partial charge in [-0.1, -0.05) is 29.8 Å². The van der Waals surface area contributed by atoms with Gasteiger partial charge in [-0.25, -0.2) is 0 Å². The van der Waals surface area contributed by atoms with Crippen LogP contribution >= 0.6 is 11.6 Å². The molecule has 98 valence electrons. The number of carbonyl (C=O) groups excluding carboxylic acids is 1. The Bertz CT molecular complexity index is 584. The highest BCUT2D eigenvalue weighted by Crippen LogP contribution is 2.25. The standard InChI is InChI=1S/C15H14ClNO2/c1-2-17(12-6-4-3-5-7-12)15(19)13-9-8-11(16)10-14(13)18/h3-10,18H,2H2,1H3. The summed E-state index contributed by atoms with van der Waals surface area (Å²) >= 11 is 5.77. The van der Waals surface area contributed by atoms with E-state index in [4.69, 9.17) is 11.6 Å². The van der Waals surface area contributed by atoms with Gasteiger partial charge in [-0.15, -0.1) is 0 Å². The minimum atomic E-state index is -0.247. The first-order chi connectivity index (χ1) is 9.13. The zero-order valence-electron chi connectivity index (χ0n) is 10.5. The molecule has 2 aromatic carbocycles. The smallest absolute Gasteiger partial charge is 0.262 e. The monoisotopic (exact) mass is 275 g/mol. The van der Waals surface area contributed by atoms with Gasteiger partial charge in [-0.2, -0.15) is 0 Å². The molecule has 0 aliphatic heterocycles. The van der Waals surface area contributed by atoms with Crippen molar-refractivity contribution in [2.75, 3.05) is 11.4 Å². The van der Waals surface area contributed by atoms with Crippen LogP contribution in [0.3, 0.4) is 0 Å². The van der Waals surface area contributed by atoms with Crippen molar-refractivity contribution in [3.05, 3.63) is 59.1 Å². The fraction of sp³-hybridized carbons (Fsp3) is 0.133. The Morgan fingerprint density at radius 1 is 1.21 bits per heavy atom. The molecule has 2 aromatic rings. The molecule has 3 nitrogen and oxygen atoms in total. The molecular weight excluding hydrogens is 262 g/mol. The van der Waals surface area contributed by atoms with Crippen LogP contribution < -0.4 is 4.90 Å². The van der Waals surface area contributed by atoms with Gasteiger partial charge in [-0.3, -0.25) is 4.79 Å². The van der Waals surface area contributed by atoms with Crippen molar-refractivity contribution < 1.29 is 9.90 Å². The van der Waals surface area contributed by atoms with Crippen molar-refractivity contribution in [3.8, 4) is 5.75 Å². The highest BCUT2D eigenvalue weighted by molar-refractivity contribution is 6.31. The number of hydrogen-bond acceptors (Lipinski definition) is 2. The molecule has 19 heavy (non-hydrogen) atoms. The molecule has 4 heteroatoms. The van der Waals surface area contributed by atoms with Crippen molar-refractivity contribution >= 4 is 23.2 Å². The average Bonchev–Trinajstić information content (AvgIpc) is 2.40. The highest BCUT2D eigenvalue weighted by Gasteiger charge is 2.19. The average molecular weight is 276 g/mol. The Labute approximate surface area is 117 Å². The van der Waals surface area contributed by atoms with E-state index in [0.717, 1.165) is 5.69 Å². The minimum Gasteiger partial charge on any atom is -0.507 e. The van der Waals surface area contributed by atoms with Crippen LogP contribution in [0.1, 0.15) is 17.3 Å². The van der Waals surface area contributed by atoms with E-state index >= 15 is 0 Å². The number of rotatable bonds is 3. The number of phenols is 1. The van der Waals surface area contributed by atoms with E-state index in [-0.39, 0.29) is 17.2 Å². The van der Waals surface area contributed by atoms with Crippen LogP contribution in [-0.4, -0.2) is 17.6 Å². The van der Waals surface area contributed by atoms with E-state index in [1.165, 1.54) is 12.1 Å². The molecule has 1 amide bonds. The summed E-state index contributed by atoms with van der Waals surface area (Å²) in [5.41, 5.74) is 1.04. The van der Waals surface area contributed by atoms with Gasteiger partial charge in [0.15, 0.2) is 0 Å². The maximum Gasteiger partial charge on any atom is 0.262 e. The van der Waals surface area contributed by atoms with E-state index in [9.17, 15) is 9.90 Å². The Morgan fingerprint density at radius 2 is 1.89 bits per heavy atom. The minimum absolute atomic E-state index is 0.105. The number of aromatic hydroxyl groups is 1. The molecule has 0 radical (unpaired) electrons. The number of halogens is 1. The van der Waals surface area contributed by atoms with E-state index < -0.39 is 0 Å². The summed E-state index contributed by atoms with van der Waals surface area (Å²) in [5, 5.41) is 10.2. The first-order valence-corrected chi connectivity index (χ1v) is 6.36. The molecule has 0 spiro atoms. The maximum atomic E-state index is 12.4. The van der Waals surface area contributed by atoms with Gasteiger partial charge in [0.1, 0.15) is 5.75 Å². The van der Waals surface area contributed by atoms with Crippen LogP contribution in [0.25, 0.3) is 0 Å². The number of nitrogens with zero attached hydrogens (tertiary/aromatic N) is 1. The predicted molar refractivity (Wildman–Crippen MR) is 76.9 cm³/mol. The van der Waals surface area contributed by atoms with Crippen LogP contribution in [0.5, 0.6) is 5.75 Å². The molecular formula is C15H14ClNO2. The number of para-hydroxylation sites is 1. The first-order valence-electron chi connectivity index (χ1n) is 5.99. The van der Waals surface area contributed by atoms with Crippen LogP contribution in [-0.2, 0) is 0 Å². The van der Waals surface area contributed by atoms with Gasteiger partial charge in [-0.05, 0) is 37.3 Å². The van der Waals surface area contributed by atoms with Crippen molar-refractivity contribution in [1.82, 2.24) is 0 Å². The Morgan fingerprint density at radius 3 is 2.47 bits per heavy atom. The SMILES string of the molecule is CCN(C(=O)c1ccc(Cl)cc1O)c1ccccc1. The van der Waals surface area contributed by atoms with Crippen LogP contribution in [0.2, 0.25) is 5.02 Å². The van der Waals surface area contributed by atoms with Crippen molar-refractivity contribution in [3.63, 3.8) is 0 Å². The summed E-state index contributed by atoms with van der Waals surface area (Å²) < 4.78 is 0. The first kappa shape index (κ1) is 13.4. The molecule has 0 atom stereocenters. The lowest BCUT2D eigenvalue weighted by Gasteiger charge is -2.21. The topological polar surface area (TPSA) is 40.5 Å². The fourth-order valence-corrected chi connectivity index (χ4v) is 2.05. The van der Waals surface area contributed by atoms with Gasteiger partial charge in [0, 0.05) is 17.3 Å². The predicted octanol–water partition coefficient (Wildman–Crippen LogP) is 3.71. The van der Waals surface area contributed by atoms with Gasteiger partial charge >= 0.3 is 0 Å². The number of anilines is 1. The van der Waals surface area contributed by atoms with Crippen LogP contribution in [0.4, 0.5) is 5.69 Å². The van der Waals surface area contributed by atoms with Gasteiger partial charge in [0.2, 0.25) is 0 Å². The molecule has 0 heterocycles. The normalized spacial score (nSPS) is 10.2. The second kappa shape index (κ2) is 5.76. The Hall–Kier alpha value is -2.00. The lowest BCUT2D eigenvalue weighted by atomic mass is 10.1. The van der Waals surface area contributed by atoms with E-state index in [1.54, 1.807) is 11.0 Å². The quantitative estimate of drug-likeness (QED) is 0.928. The highest BCUT2D eigenvalue weighted by atomic mass is 35.5. The van der Waals surface area contributed by atoms with E-state index in [0.29, 0.717) is 11.6 Å². The lowest BCUT2D eigenvalue weighted by molar-refractivity contribution is 0.0986. The molecule has 0 aliphatic rings. The lowest BCUT2D eigenvalue weighted by Crippen LogP contribution is -2.30. The second-order valence-corrected chi connectivity index (χ2v) is 4.48. The summed E-state index contributed by atoms with van der Waals surface area (Å²) in [6, 6.07) is 13.8. The van der Waals surface area contributed by atoms with Gasteiger partial charge < -0.3 is 10.0 Å². The molecule has 1 N–H and O–H groups in total. The number of hydrogen-bond donors (Lipinski definition) is 1. The third kappa shape index (κ3) is 2.88. The largest absolute Gasteiger partial charge is 0.507 e. The van der Waals surface area contributed by atoms with Crippen molar-refractivity contribution in [2.24, 2.45) is 0 Å². The Balaban J connectivity index is 2.36. The molecule has 0 unspecified atom stereocenters. The van der Waals surface area contributed by atoms with Crippen molar-refractivity contribution in [2.45, 2.75) is 6.92 Å². The zero-order chi connectivity index (χ0) is 13.8. The second-order valence-electron chi connectivity index (χ2n) is 4.05. The van der Waals surface area contributed by atoms with E-state index in [2.05, 4.69) is 0 Å². The maximum absolute atomic E-state index is 12.4. The van der Waals surface area contributed by atoms with Crippen LogP contribution in [0, 0.1) is 0 Å². The van der Waals surface area contributed by atoms with E-state index in [1.807, 2.05) is 37.3 Å². The summed E-state index contributed by atoms with van der Waals surface area (Å²) in [6.45, 7) is 2.41. The Kier molecular flexibility index (Phi) is 4.07. The number of benzene rings is 2. The number of phenolic OH excluding ortho intramolecular Hbond substituents is 1. The molecule has 2 rings (SSSR count). The summed E-state index contributed by atoms with van der Waals surface area (Å²) in [7, 11) is 0. The molecule has 0 fully saturated rings. The molecule has 0 saturated carbocycles. The third-order valence-electron chi connectivity index (χ3n) is 2.82. The molecule has 0 aliphatic carbocycles. The zero-order valence-corrected chi connectivity index (χ0v) is 11.3. The summed E-state index contributed by atoms with van der Waals surface area (Å²) in [4.78, 5) is 14.0. The molecule has 0 saturated heterocycles. The summed E-state index contributed by atoms with van der Waals surface area (Å²) in [5.74, 6) is -0.352. The molecule has 0 bridgehead atoms. The summed E-state index contributed by atoms with van der Waals surface area (Å²) in [6.07, 6.45) is 0. The van der Waals surface area contributed by atoms with Crippen molar-refractivity contribution in [1.29, 1.82) is 0 Å². The number of carbonyl (C=O) groups is 1. The molecule has 0 aromatic heterocycles. The third-order valence-corrected chi connectivity index (χ3v) is 3.05. The van der Waals surface area contributed by atoms with Gasteiger partial charge in [0.05, 0.1) is 5.56 Å². The number of amides is 1. The van der Waals surface area contributed by atoms with Crippen LogP contribution in [0.15, 0.2) is 48.5 Å². The fourth-order valence-electron chi connectivity index (χ4n) is 1.88.